The van der Waals surface area contributed by atoms with Crippen molar-refractivity contribution >= 4 is 11.8 Å². The summed E-state index contributed by atoms with van der Waals surface area (Å²) in [6.07, 6.45) is 5.69. The Labute approximate surface area is 107 Å². The maximum absolute atomic E-state index is 11.2. The molecule has 2 N–H and O–H groups in total. The summed E-state index contributed by atoms with van der Waals surface area (Å²) in [5.74, 6) is -0.134. The number of anilines is 1. The molecule has 2 rings (SSSR count). The largest absolute Gasteiger partial charge is 0.480 e. The van der Waals surface area contributed by atoms with Crippen molar-refractivity contribution in [1.29, 1.82) is 0 Å². The first-order valence-corrected chi connectivity index (χ1v) is 6.41. The number of nitrogens with one attached hydrogen (secondary N) is 1. The van der Waals surface area contributed by atoms with E-state index < -0.39 is 12.0 Å². The molecule has 1 aliphatic carbocycles. The third-order valence-electron chi connectivity index (χ3n) is 3.35. The summed E-state index contributed by atoms with van der Waals surface area (Å²) in [6, 6.07) is -0.606. The van der Waals surface area contributed by atoms with Gasteiger partial charge in [0.15, 0.2) is 0 Å². The molecule has 5 nitrogen and oxygen atoms in total. The molecule has 0 bridgehead atoms. The van der Waals surface area contributed by atoms with Crippen LogP contribution in [0.5, 0.6) is 0 Å². The van der Waals surface area contributed by atoms with Gasteiger partial charge in [0.1, 0.15) is 18.2 Å². The van der Waals surface area contributed by atoms with Crippen molar-refractivity contribution in [2.24, 2.45) is 5.92 Å². The van der Waals surface area contributed by atoms with Crippen molar-refractivity contribution < 1.29 is 9.90 Å². The van der Waals surface area contributed by atoms with Gasteiger partial charge in [-0.15, -0.1) is 0 Å². The molecule has 0 radical (unpaired) electrons. The Kier molecular flexibility index (Phi) is 3.79. The Morgan fingerprint density at radius 1 is 1.33 bits per heavy atom. The number of carboxylic acid groups (broad SMARTS) is 1. The van der Waals surface area contributed by atoms with Crippen LogP contribution in [0, 0.1) is 5.92 Å². The number of nitrogens with zero attached hydrogens (tertiary/aromatic N) is 2. The highest BCUT2D eigenvalue weighted by molar-refractivity contribution is 5.77. The van der Waals surface area contributed by atoms with E-state index in [9.17, 15) is 9.90 Å². The Balaban J connectivity index is 2.25. The van der Waals surface area contributed by atoms with Gasteiger partial charge in [-0.2, -0.15) is 0 Å². The molecule has 1 heterocycles. The van der Waals surface area contributed by atoms with Crippen molar-refractivity contribution in [1.82, 2.24) is 9.97 Å². The zero-order chi connectivity index (χ0) is 13.1. The molecule has 1 unspecified atom stereocenters. The van der Waals surface area contributed by atoms with Crippen LogP contribution in [0.3, 0.4) is 0 Å². The number of aromatic nitrogens is 2. The highest BCUT2D eigenvalue weighted by atomic mass is 16.4. The minimum atomic E-state index is -0.840. The number of aryl methyl sites for hydroxylation is 1. The lowest BCUT2D eigenvalue weighted by Gasteiger charge is -2.23. The lowest BCUT2D eigenvalue weighted by atomic mass is 9.96. The van der Waals surface area contributed by atoms with Gasteiger partial charge in [-0.1, -0.05) is 13.8 Å². The van der Waals surface area contributed by atoms with Crippen LogP contribution in [0.4, 0.5) is 5.82 Å². The van der Waals surface area contributed by atoms with Crippen LogP contribution in [0.2, 0.25) is 0 Å². The second-order valence-electron chi connectivity index (χ2n) is 5.06. The van der Waals surface area contributed by atoms with Gasteiger partial charge in [0.25, 0.3) is 0 Å². The highest BCUT2D eigenvalue weighted by Crippen LogP contribution is 2.25. The Morgan fingerprint density at radius 3 is 2.72 bits per heavy atom. The predicted octanol–water partition coefficient (Wildman–Crippen LogP) is 1.88. The molecule has 1 aliphatic rings. The molecule has 0 aliphatic heterocycles. The summed E-state index contributed by atoms with van der Waals surface area (Å²) in [7, 11) is 0. The average molecular weight is 249 g/mol. The Hall–Kier alpha value is -1.65. The number of carboxylic acids is 1. The van der Waals surface area contributed by atoms with E-state index in [0.717, 1.165) is 36.9 Å². The van der Waals surface area contributed by atoms with E-state index in [1.54, 1.807) is 0 Å². The van der Waals surface area contributed by atoms with Crippen LogP contribution in [0.25, 0.3) is 0 Å². The summed E-state index contributed by atoms with van der Waals surface area (Å²) >= 11 is 0. The second-order valence-corrected chi connectivity index (χ2v) is 5.06. The van der Waals surface area contributed by atoms with Crippen LogP contribution in [-0.4, -0.2) is 27.1 Å². The zero-order valence-corrected chi connectivity index (χ0v) is 10.8. The van der Waals surface area contributed by atoms with Crippen molar-refractivity contribution in [3.63, 3.8) is 0 Å². The van der Waals surface area contributed by atoms with E-state index in [0.29, 0.717) is 5.82 Å². The predicted molar refractivity (Wildman–Crippen MR) is 68.6 cm³/mol. The molecule has 1 aromatic heterocycles. The van der Waals surface area contributed by atoms with E-state index in [2.05, 4.69) is 15.3 Å². The molecule has 0 fully saturated rings. The van der Waals surface area contributed by atoms with Gasteiger partial charge in [-0.25, -0.2) is 14.8 Å². The van der Waals surface area contributed by atoms with Gasteiger partial charge < -0.3 is 10.4 Å². The normalized spacial score (nSPS) is 16.2. The van der Waals surface area contributed by atoms with Gasteiger partial charge in [0, 0.05) is 11.3 Å². The lowest BCUT2D eigenvalue weighted by Crippen LogP contribution is -2.35. The maximum atomic E-state index is 11.2. The van der Waals surface area contributed by atoms with Crippen LogP contribution in [0.15, 0.2) is 6.33 Å². The molecule has 1 atom stereocenters. The minimum Gasteiger partial charge on any atom is -0.480 e. The van der Waals surface area contributed by atoms with Crippen molar-refractivity contribution in [3.05, 3.63) is 17.6 Å². The van der Waals surface area contributed by atoms with Crippen molar-refractivity contribution in [2.75, 3.05) is 5.32 Å². The van der Waals surface area contributed by atoms with Crippen molar-refractivity contribution in [2.45, 2.75) is 45.6 Å². The van der Waals surface area contributed by atoms with Crippen LogP contribution in [0.1, 0.15) is 37.9 Å². The number of hydrogen-bond donors (Lipinski definition) is 2. The summed E-state index contributed by atoms with van der Waals surface area (Å²) in [5.41, 5.74) is 2.15. The zero-order valence-electron chi connectivity index (χ0n) is 10.8. The van der Waals surface area contributed by atoms with E-state index in [4.69, 9.17) is 0 Å². The molecule has 5 heteroatoms. The van der Waals surface area contributed by atoms with Gasteiger partial charge in [0.05, 0.1) is 0 Å². The van der Waals surface area contributed by atoms with Crippen molar-refractivity contribution in [3.8, 4) is 0 Å². The molecule has 18 heavy (non-hydrogen) atoms. The number of hydrogen-bond acceptors (Lipinski definition) is 4. The molecule has 0 amide bonds. The fraction of sp³-hybridized carbons (Fsp3) is 0.615. The van der Waals surface area contributed by atoms with Gasteiger partial charge in [-0.05, 0) is 31.6 Å². The second kappa shape index (κ2) is 5.33. The third kappa shape index (κ3) is 2.60. The minimum absolute atomic E-state index is 0.0108. The number of rotatable bonds is 4. The fourth-order valence-electron chi connectivity index (χ4n) is 2.31. The lowest BCUT2D eigenvalue weighted by molar-refractivity contribution is -0.138. The molecule has 1 aromatic rings. The summed E-state index contributed by atoms with van der Waals surface area (Å²) in [6.45, 7) is 3.78. The standard InChI is InChI=1S/C13H19N3O2/c1-8(2)11(13(17)18)16-12-9-5-3-4-6-10(9)14-7-15-12/h7-8,11H,3-6H2,1-2H3,(H,17,18)(H,14,15,16). The highest BCUT2D eigenvalue weighted by Gasteiger charge is 2.24. The van der Waals surface area contributed by atoms with Crippen LogP contribution in [-0.2, 0) is 17.6 Å². The van der Waals surface area contributed by atoms with Gasteiger partial charge in [-0.3, -0.25) is 0 Å². The third-order valence-corrected chi connectivity index (χ3v) is 3.35. The van der Waals surface area contributed by atoms with E-state index in [1.807, 2.05) is 13.8 Å². The average Bonchev–Trinajstić information content (AvgIpc) is 2.35. The molecule has 0 spiro atoms. The smallest absolute Gasteiger partial charge is 0.326 e. The number of carbonyl (C=O) groups is 1. The fourth-order valence-corrected chi connectivity index (χ4v) is 2.31. The Morgan fingerprint density at radius 2 is 2.06 bits per heavy atom. The molecular formula is C13H19N3O2. The number of fused-ring (bicyclic) bond motifs is 1. The first kappa shape index (κ1) is 12.8. The molecule has 0 saturated heterocycles. The van der Waals surface area contributed by atoms with Gasteiger partial charge in [0.2, 0.25) is 0 Å². The SMILES string of the molecule is CC(C)C(Nc1ncnc2c1CCCC2)C(=O)O. The number of aliphatic carboxylic acids is 1. The monoisotopic (exact) mass is 249 g/mol. The summed E-state index contributed by atoms with van der Waals surface area (Å²) < 4.78 is 0. The summed E-state index contributed by atoms with van der Waals surface area (Å²) in [4.78, 5) is 19.7. The van der Waals surface area contributed by atoms with Gasteiger partial charge >= 0.3 is 5.97 Å². The first-order valence-electron chi connectivity index (χ1n) is 6.41. The summed E-state index contributed by atoms with van der Waals surface area (Å²) in [5, 5.41) is 12.3. The van der Waals surface area contributed by atoms with Crippen LogP contribution < -0.4 is 5.32 Å². The molecule has 0 saturated carbocycles. The van der Waals surface area contributed by atoms with E-state index in [1.165, 1.54) is 6.33 Å². The van der Waals surface area contributed by atoms with E-state index in [-0.39, 0.29) is 5.92 Å². The quantitative estimate of drug-likeness (QED) is 0.852. The first-order chi connectivity index (χ1) is 8.59. The maximum Gasteiger partial charge on any atom is 0.326 e. The Bertz CT molecular complexity index is 446. The topological polar surface area (TPSA) is 75.1 Å². The molecule has 0 aromatic carbocycles. The van der Waals surface area contributed by atoms with E-state index >= 15 is 0 Å². The molecule has 98 valence electrons. The molecular weight excluding hydrogens is 230 g/mol. The van der Waals surface area contributed by atoms with Crippen LogP contribution >= 0.6 is 0 Å².